The molecule has 0 saturated heterocycles. The summed E-state index contributed by atoms with van der Waals surface area (Å²) >= 11 is 0. The summed E-state index contributed by atoms with van der Waals surface area (Å²) in [5, 5.41) is 0. The van der Waals surface area contributed by atoms with Crippen LogP contribution in [0.3, 0.4) is 0 Å². The van der Waals surface area contributed by atoms with Crippen LogP contribution in [0.15, 0.2) is 12.1 Å². The first-order chi connectivity index (χ1) is 18.3. The van der Waals surface area contributed by atoms with Gasteiger partial charge < -0.3 is 9.97 Å². The van der Waals surface area contributed by atoms with Crippen molar-refractivity contribution >= 4 is 45.9 Å². The molecular formula is C32H42N8. The third-order valence-corrected chi connectivity index (χ3v) is 7.17. The normalized spacial score (nSPS) is 14.8. The maximum atomic E-state index is 5.06. The van der Waals surface area contributed by atoms with Gasteiger partial charge in [-0.05, 0) is 45.9 Å². The Morgan fingerprint density at radius 2 is 0.825 bits per heavy atom. The molecule has 0 radical (unpaired) electrons. The molecule has 0 unspecified atom stereocenters. The van der Waals surface area contributed by atoms with Crippen LogP contribution in [0.5, 0.6) is 0 Å². The lowest BCUT2D eigenvalue weighted by molar-refractivity contribution is 0.561. The number of aromatic amines is 2. The van der Waals surface area contributed by atoms with Gasteiger partial charge in [-0.2, -0.15) is 0 Å². The van der Waals surface area contributed by atoms with Crippen LogP contribution >= 0.6 is 0 Å². The SMILES string of the molecule is CC(C)(C)C1=Cc2nc1nc1nc(nc3[nH]c(cc3C(C)(C)C)nc3cc(C(C)(C)C)c(n2)[nH]3)C=C1C(C)(C)C. The highest BCUT2D eigenvalue weighted by atomic mass is 15.1. The molecule has 3 aromatic rings. The van der Waals surface area contributed by atoms with Gasteiger partial charge in [0.15, 0.2) is 23.3 Å². The molecule has 2 N–H and O–H groups in total. The number of fused-ring (bicyclic) bond motifs is 8. The number of nitrogens with zero attached hydrogens (tertiary/aromatic N) is 6. The number of rotatable bonds is 0. The summed E-state index contributed by atoms with van der Waals surface area (Å²) in [6.07, 6.45) is 4.08. The van der Waals surface area contributed by atoms with E-state index in [0.717, 1.165) is 44.9 Å². The van der Waals surface area contributed by atoms with Gasteiger partial charge in [0.2, 0.25) is 0 Å². The molecule has 5 rings (SSSR count). The highest BCUT2D eigenvalue weighted by Crippen LogP contribution is 2.39. The molecule has 210 valence electrons. The van der Waals surface area contributed by atoms with Gasteiger partial charge >= 0.3 is 0 Å². The number of allylic oxidation sites excluding steroid dienone is 2. The van der Waals surface area contributed by atoms with E-state index in [1.807, 2.05) is 12.2 Å². The van der Waals surface area contributed by atoms with E-state index in [4.69, 9.17) is 29.9 Å². The highest BCUT2D eigenvalue weighted by molar-refractivity contribution is 5.86. The molecule has 0 fully saturated rings. The minimum atomic E-state index is -0.185. The first kappa shape index (κ1) is 27.9. The molecule has 5 heterocycles. The maximum absolute atomic E-state index is 5.06. The molecule has 0 saturated carbocycles. The number of nitrogens with one attached hydrogen (secondary N) is 2. The predicted octanol–water partition coefficient (Wildman–Crippen LogP) is 7.66. The number of hydrogen-bond donors (Lipinski definition) is 2. The zero-order chi connectivity index (χ0) is 29.4. The molecule has 8 bridgehead atoms. The van der Waals surface area contributed by atoms with Crippen molar-refractivity contribution in [3.05, 3.63) is 46.6 Å². The van der Waals surface area contributed by atoms with Gasteiger partial charge in [0.05, 0.1) is 0 Å². The second kappa shape index (κ2) is 8.91. The first-order valence-electron chi connectivity index (χ1n) is 14.0. The van der Waals surface area contributed by atoms with E-state index in [9.17, 15) is 0 Å². The second-order valence-electron chi connectivity index (χ2n) is 15.0. The van der Waals surface area contributed by atoms with Crippen molar-refractivity contribution in [2.45, 2.75) is 93.9 Å². The topological polar surface area (TPSA) is 109 Å². The highest BCUT2D eigenvalue weighted by Gasteiger charge is 2.30. The summed E-state index contributed by atoms with van der Waals surface area (Å²) in [6.45, 7) is 26.1. The molecule has 2 aliphatic heterocycles. The van der Waals surface area contributed by atoms with Gasteiger partial charge in [-0.15, -0.1) is 0 Å². The van der Waals surface area contributed by atoms with E-state index >= 15 is 0 Å². The van der Waals surface area contributed by atoms with Crippen molar-refractivity contribution in [1.82, 2.24) is 39.9 Å². The summed E-state index contributed by atoms with van der Waals surface area (Å²) in [4.78, 5) is 36.7. The van der Waals surface area contributed by atoms with Crippen LogP contribution in [0.4, 0.5) is 0 Å². The third-order valence-electron chi connectivity index (χ3n) is 7.17. The van der Waals surface area contributed by atoms with Crippen LogP contribution in [0.2, 0.25) is 0 Å². The van der Waals surface area contributed by atoms with Crippen molar-refractivity contribution < 1.29 is 0 Å². The Kier molecular flexibility index (Phi) is 6.21. The summed E-state index contributed by atoms with van der Waals surface area (Å²) < 4.78 is 0. The Labute approximate surface area is 237 Å². The Morgan fingerprint density at radius 3 is 1.15 bits per heavy atom. The molecule has 0 spiro atoms. The minimum absolute atomic E-state index is 0.150. The Morgan fingerprint density at radius 1 is 0.450 bits per heavy atom. The minimum Gasteiger partial charge on any atom is -0.325 e. The fourth-order valence-corrected chi connectivity index (χ4v) is 4.94. The van der Waals surface area contributed by atoms with Gasteiger partial charge in [-0.3, -0.25) is 0 Å². The molecule has 0 atom stereocenters. The average Bonchev–Trinajstić information content (AvgIpc) is 3.53. The lowest BCUT2D eigenvalue weighted by Gasteiger charge is -2.20. The lowest BCUT2D eigenvalue weighted by Crippen LogP contribution is -2.11. The smallest absolute Gasteiger partial charge is 0.160 e. The quantitative estimate of drug-likeness (QED) is 0.304. The van der Waals surface area contributed by atoms with E-state index in [0.29, 0.717) is 23.3 Å². The largest absolute Gasteiger partial charge is 0.325 e. The molecule has 8 nitrogen and oxygen atoms in total. The van der Waals surface area contributed by atoms with Gasteiger partial charge in [0.1, 0.15) is 22.6 Å². The Bertz CT molecular complexity index is 1590. The number of H-pyrrole nitrogens is 2. The molecule has 0 aromatic carbocycles. The average molecular weight is 539 g/mol. The van der Waals surface area contributed by atoms with Crippen molar-refractivity contribution in [3.8, 4) is 0 Å². The third kappa shape index (κ3) is 5.36. The zero-order valence-electron chi connectivity index (χ0n) is 26.0. The number of aromatic nitrogens is 8. The fourth-order valence-electron chi connectivity index (χ4n) is 4.94. The van der Waals surface area contributed by atoms with Gasteiger partial charge in [-0.25, -0.2) is 29.9 Å². The van der Waals surface area contributed by atoms with Crippen LogP contribution in [0, 0.1) is 10.8 Å². The molecule has 8 heteroatoms. The second-order valence-corrected chi connectivity index (χ2v) is 15.0. The van der Waals surface area contributed by atoms with E-state index in [-0.39, 0.29) is 21.7 Å². The van der Waals surface area contributed by atoms with Crippen LogP contribution < -0.4 is 0 Å². The van der Waals surface area contributed by atoms with Crippen molar-refractivity contribution in [3.63, 3.8) is 0 Å². The Hall–Kier alpha value is -3.68. The van der Waals surface area contributed by atoms with Crippen LogP contribution in [-0.2, 0) is 10.8 Å². The van der Waals surface area contributed by atoms with E-state index in [2.05, 4.69) is 105 Å². The van der Waals surface area contributed by atoms with Crippen LogP contribution in [0.1, 0.15) is 118 Å². The molecule has 0 aliphatic carbocycles. The Balaban J connectivity index is 1.97. The molecular weight excluding hydrogens is 496 g/mol. The van der Waals surface area contributed by atoms with E-state index in [1.165, 1.54) is 0 Å². The standard InChI is InChI=1S/C32H42N8/c1-29(2,3)17-13-21-33-22-14-18(30(4,5)6)26(35-22)37-24-16-20(32(10,11)12)28(39-24)40-27-19(31(7,8)9)15-23(38-27)36-25(17)34-21/h13-16H,1-12H3,(H2,33,34,35,36,37,38,39,40). The summed E-state index contributed by atoms with van der Waals surface area (Å²) in [6, 6.07) is 4.15. The summed E-state index contributed by atoms with van der Waals surface area (Å²) in [5.74, 6) is 2.50. The van der Waals surface area contributed by atoms with Gasteiger partial charge in [-0.1, -0.05) is 83.1 Å². The van der Waals surface area contributed by atoms with E-state index in [1.54, 1.807) is 0 Å². The monoisotopic (exact) mass is 538 g/mol. The van der Waals surface area contributed by atoms with E-state index < -0.39 is 0 Å². The van der Waals surface area contributed by atoms with Gasteiger partial charge in [0.25, 0.3) is 0 Å². The van der Waals surface area contributed by atoms with Crippen molar-refractivity contribution in [2.24, 2.45) is 10.8 Å². The summed E-state index contributed by atoms with van der Waals surface area (Å²) in [5.41, 5.74) is 6.45. The molecule has 3 aromatic heterocycles. The molecule has 40 heavy (non-hydrogen) atoms. The molecule has 0 amide bonds. The summed E-state index contributed by atoms with van der Waals surface area (Å²) in [7, 11) is 0. The fraction of sp³-hybridized carbons (Fsp3) is 0.500. The van der Waals surface area contributed by atoms with Crippen LogP contribution in [-0.4, -0.2) is 39.9 Å². The lowest BCUT2D eigenvalue weighted by atomic mass is 9.85. The maximum Gasteiger partial charge on any atom is 0.160 e. The van der Waals surface area contributed by atoms with Gasteiger partial charge in [0, 0.05) is 22.3 Å². The zero-order valence-corrected chi connectivity index (χ0v) is 26.0. The van der Waals surface area contributed by atoms with Crippen LogP contribution in [0.25, 0.3) is 45.9 Å². The molecule has 2 aliphatic rings. The first-order valence-corrected chi connectivity index (χ1v) is 14.0. The number of hydrogen-bond acceptors (Lipinski definition) is 6. The predicted molar refractivity (Wildman–Crippen MR) is 164 cm³/mol. The van der Waals surface area contributed by atoms with Crippen molar-refractivity contribution in [2.75, 3.05) is 0 Å². The van der Waals surface area contributed by atoms with Crippen molar-refractivity contribution in [1.29, 1.82) is 0 Å².